The number of hydrogen-bond acceptors (Lipinski definition) is 4. The molecular formula is C12H14N2O2S. The lowest BCUT2D eigenvalue weighted by atomic mass is 10.5. The Bertz CT molecular complexity index is 477. The number of carbonyl (C=O) groups excluding carboxylic acids is 1. The van der Waals surface area contributed by atoms with Crippen LogP contribution in [0.25, 0.3) is 5.65 Å². The SMILES string of the molecule is CCOC(=O)CSCc1cn2ccccc2n1. The highest BCUT2D eigenvalue weighted by Gasteiger charge is 2.04. The van der Waals surface area contributed by atoms with Gasteiger partial charge in [-0.25, -0.2) is 4.98 Å². The third-order valence-electron chi connectivity index (χ3n) is 2.19. The summed E-state index contributed by atoms with van der Waals surface area (Å²) in [7, 11) is 0. The van der Waals surface area contributed by atoms with Gasteiger partial charge in [0.25, 0.3) is 0 Å². The van der Waals surface area contributed by atoms with Crippen LogP contribution in [0, 0.1) is 0 Å². The molecule has 5 heteroatoms. The number of nitrogens with zero attached hydrogens (tertiary/aromatic N) is 2. The first-order valence-corrected chi connectivity index (χ1v) is 6.61. The first-order valence-electron chi connectivity index (χ1n) is 5.45. The number of pyridine rings is 1. The standard InChI is InChI=1S/C12H14N2O2S/c1-2-16-12(15)9-17-8-10-7-14-6-4-3-5-11(14)13-10/h3-7H,2,8-9H2,1H3. The Labute approximate surface area is 104 Å². The normalized spacial score (nSPS) is 10.6. The molecule has 0 unspecified atom stereocenters. The Hall–Kier alpha value is -1.49. The van der Waals surface area contributed by atoms with Crippen LogP contribution < -0.4 is 0 Å². The number of aromatic nitrogens is 2. The number of rotatable bonds is 5. The molecule has 0 fully saturated rings. The van der Waals surface area contributed by atoms with Gasteiger partial charge in [-0.05, 0) is 19.1 Å². The summed E-state index contributed by atoms with van der Waals surface area (Å²) in [4.78, 5) is 15.6. The summed E-state index contributed by atoms with van der Waals surface area (Å²) in [5.74, 6) is 0.934. The van der Waals surface area contributed by atoms with Gasteiger partial charge in [-0.1, -0.05) is 6.07 Å². The van der Waals surface area contributed by atoms with Gasteiger partial charge in [-0.3, -0.25) is 4.79 Å². The fraction of sp³-hybridized carbons (Fsp3) is 0.333. The molecule has 17 heavy (non-hydrogen) atoms. The van der Waals surface area contributed by atoms with Crippen LogP contribution in [-0.2, 0) is 15.3 Å². The number of ether oxygens (including phenoxy) is 1. The molecule has 0 saturated carbocycles. The molecule has 0 saturated heterocycles. The molecule has 4 nitrogen and oxygen atoms in total. The number of esters is 1. The molecule has 0 bridgehead atoms. The van der Waals surface area contributed by atoms with Gasteiger partial charge in [-0.15, -0.1) is 11.8 Å². The lowest BCUT2D eigenvalue weighted by Crippen LogP contribution is -2.06. The molecule has 2 heterocycles. The fourth-order valence-corrected chi connectivity index (χ4v) is 2.20. The van der Waals surface area contributed by atoms with Crippen LogP contribution in [0.1, 0.15) is 12.6 Å². The van der Waals surface area contributed by atoms with Gasteiger partial charge in [0.1, 0.15) is 5.65 Å². The molecule has 0 aromatic carbocycles. The van der Waals surface area contributed by atoms with Gasteiger partial charge < -0.3 is 9.14 Å². The maximum atomic E-state index is 11.1. The molecule has 2 rings (SSSR count). The quantitative estimate of drug-likeness (QED) is 0.762. The Morgan fingerprint density at radius 1 is 1.53 bits per heavy atom. The van der Waals surface area contributed by atoms with Crippen molar-refractivity contribution in [2.75, 3.05) is 12.4 Å². The first-order chi connectivity index (χ1) is 8.29. The molecule has 0 spiro atoms. The van der Waals surface area contributed by atoms with Crippen LogP contribution in [0.3, 0.4) is 0 Å². The van der Waals surface area contributed by atoms with Gasteiger partial charge in [-0.2, -0.15) is 0 Å². The van der Waals surface area contributed by atoms with E-state index in [1.54, 1.807) is 0 Å². The van der Waals surface area contributed by atoms with Gasteiger partial charge in [0, 0.05) is 18.1 Å². The fourth-order valence-electron chi connectivity index (χ4n) is 1.50. The van der Waals surface area contributed by atoms with E-state index in [9.17, 15) is 4.79 Å². The largest absolute Gasteiger partial charge is 0.465 e. The van der Waals surface area contributed by atoms with E-state index < -0.39 is 0 Å². The first kappa shape index (κ1) is 12.0. The maximum Gasteiger partial charge on any atom is 0.315 e. The summed E-state index contributed by atoms with van der Waals surface area (Å²) in [5, 5.41) is 0. The van der Waals surface area contributed by atoms with Crippen molar-refractivity contribution in [1.82, 2.24) is 9.38 Å². The van der Waals surface area contributed by atoms with E-state index in [2.05, 4.69) is 4.98 Å². The zero-order chi connectivity index (χ0) is 12.1. The van der Waals surface area contributed by atoms with Crippen LogP contribution >= 0.6 is 11.8 Å². The Morgan fingerprint density at radius 2 is 2.41 bits per heavy atom. The minimum absolute atomic E-state index is 0.165. The van der Waals surface area contributed by atoms with Crippen LogP contribution in [0.5, 0.6) is 0 Å². The Morgan fingerprint density at radius 3 is 3.18 bits per heavy atom. The van der Waals surface area contributed by atoms with Crippen molar-refractivity contribution in [3.63, 3.8) is 0 Å². The smallest absolute Gasteiger partial charge is 0.315 e. The van der Waals surface area contributed by atoms with Crippen LogP contribution in [-0.4, -0.2) is 27.7 Å². The zero-order valence-corrected chi connectivity index (χ0v) is 10.4. The Balaban J connectivity index is 1.89. The molecule has 2 aromatic heterocycles. The summed E-state index contributed by atoms with van der Waals surface area (Å²) in [6.45, 7) is 2.25. The molecule has 0 aliphatic rings. The van der Waals surface area contributed by atoms with E-state index in [4.69, 9.17) is 4.74 Å². The van der Waals surface area contributed by atoms with Crippen molar-refractivity contribution >= 4 is 23.4 Å². The molecule has 0 atom stereocenters. The van der Waals surface area contributed by atoms with Crippen molar-refractivity contribution < 1.29 is 9.53 Å². The van der Waals surface area contributed by atoms with E-state index >= 15 is 0 Å². The van der Waals surface area contributed by atoms with Crippen molar-refractivity contribution in [3.8, 4) is 0 Å². The topological polar surface area (TPSA) is 43.6 Å². The summed E-state index contributed by atoms with van der Waals surface area (Å²) >= 11 is 1.52. The van der Waals surface area contributed by atoms with Gasteiger partial charge in [0.05, 0.1) is 18.1 Å². The zero-order valence-electron chi connectivity index (χ0n) is 9.63. The summed E-state index contributed by atoms with van der Waals surface area (Å²) < 4.78 is 6.83. The van der Waals surface area contributed by atoms with Crippen LogP contribution in [0.15, 0.2) is 30.6 Å². The average molecular weight is 250 g/mol. The number of imidazole rings is 1. The van der Waals surface area contributed by atoms with E-state index in [0.29, 0.717) is 12.4 Å². The molecule has 0 N–H and O–H groups in total. The van der Waals surface area contributed by atoms with Gasteiger partial charge in [0.2, 0.25) is 0 Å². The molecule has 0 radical (unpaired) electrons. The highest BCUT2D eigenvalue weighted by atomic mass is 32.2. The third-order valence-corrected chi connectivity index (χ3v) is 3.13. The monoisotopic (exact) mass is 250 g/mol. The Kier molecular flexibility index (Phi) is 4.03. The summed E-state index contributed by atoms with van der Waals surface area (Å²) in [6.07, 6.45) is 3.94. The third kappa shape index (κ3) is 3.23. The molecule has 0 aliphatic heterocycles. The van der Waals surface area contributed by atoms with Crippen molar-refractivity contribution in [3.05, 3.63) is 36.3 Å². The van der Waals surface area contributed by atoms with Crippen molar-refractivity contribution in [2.24, 2.45) is 0 Å². The lowest BCUT2D eigenvalue weighted by Gasteiger charge is -1.99. The second-order valence-corrected chi connectivity index (χ2v) is 4.48. The molecule has 0 aliphatic carbocycles. The lowest BCUT2D eigenvalue weighted by molar-refractivity contribution is -0.139. The number of fused-ring (bicyclic) bond motifs is 1. The van der Waals surface area contributed by atoms with Crippen LogP contribution in [0.4, 0.5) is 0 Å². The highest BCUT2D eigenvalue weighted by Crippen LogP contribution is 2.12. The van der Waals surface area contributed by atoms with E-state index in [1.807, 2.05) is 41.9 Å². The van der Waals surface area contributed by atoms with E-state index in [0.717, 1.165) is 17.1 Å². The molecule has 0 amide bonds. The number of carbonyl (C=O) groups is 1. The number of thioether (sulfide) groups is 1. The van der Waals surface area contributed by atoms with Gasteiger partial charge in [0.15, 0.2) is 0 Å². The number of hydrogen-bond donors (Lipinski definition) is 0. The summed E-state index contributed by atoms with van der Waals surface area (Å²) in [5.41, 5.74) is 1.91. The van der Waals surface area contributed by atoms with Crippen molar-refractivity contribution in [2.45, 2.75) is 12.7 Å². The predicted octanol–water partition coefficient (Wildman–Crippen LogP) is 2.13. The van der Waals surface area contributed by atoms with Gasteiger partial charge >= 0.3 is 5.97 Å². The molecular weight excluding hydrogens is 236 g/mol. The minimum atomic E-state index is -0.165. The maximum absolute atomic E-state index is 11.1. The highest BCUT2D eigenvalue weighted by molar-refractivity contribution is 7.99. The van der Waals surface area contributed by atoms with Crippen LogP contribution in [0.2, 0.25) is 0 Å². The summed E-state index contributed by atoms with van der Waals surface area (Å²) in [6, 6.07) is 5.88. The minimum Gasteiger partial charge on any atom is -0.465 e. The second-order valence-electron chi connectivity index (χ2n) is 3.50. The second kappa shape index (κ2) is 5.72. The van der Waals surface area contributed by atoms with E-state index in [-0.39, 0.29) is 5.97 Å². The molecule has 2 aromatic rings. The average Bonchev–Trinajstić information content (AvgIpc) is 2.71. The molecule has 90 valence electrons. The predicted molar refractivity (Wildman–Crippen MR) is 68.0 cm³/mol. The van der Waals surface area contributed by atoms with E-state index in [1.165, 1.54) is 11.8 Å². The van der Waals surface area contributed by atoms with Crippen molar-refractivity contribution in [1.29, 1.82) is 0 Å².